The number of carbonyl (C=O) groups is 5. The third-order valence-electron chi connectivity index (χ3n) is 13.0. The van der Waals surface area contributed by atoms with Crippen molar-refractivity contribution in [3.63, 3.8) is 0 Å². The van der Waals surface area contributed by atoms with Gasteiger partial charge in [0.15, 0.2) is 23.0 Å². The van der Waals surface area contributed by atoms with Gasteiger partial charge in [-0.25, -0.2) is 0 Å². The first-order valence-electron chi connectivity index (χ1n) is 24.8. The van der Waals surface area contributed by atoms with Gasteiger partial charge in [-0.1, -0.05) is 32.9 Å². The Kier molecular flexibility index (Phi) is 16.8. The Morgan fingerprint density at radius 1 is 0.568 bits per heavy atom. The molecule has 9 N–H and O–H groups in total. The first-order chi connectivity index (χ1) is 35.6. The number of piperidine rings is 2. The van der Waals surface area contributed by atoms with Crippen molar-refractivity contribution >= 4 is 64.4 Å². The van der Waals surface area contributed by atoms with Crippen LogP contribution in [-0.2, 0) is 14.9 Å². The Balaban J connectivity index is 0.000000208. The summed E-state index contributed by atoms with van der Waals surface area (Å²) in [7, 11) is 0. The molecule has 0 aliphatic carbocycles. The lowest BCUT2D eigenvalue weighted by molar-refractivity contribution is 0.0301. The van der Waals surface area contributed by atoms with E-state index in [4.69, 9.17) is 26.7 Å². The average molecular weight is 1010 g/mol. The topological polar surface area (TPSA) is 308 Å². The lowest BCUT2D eigenvalue weighted by Crippen LogP contribution is -2.48. The second-order valence-corrected chi connectivity index (χ2v) is 19.5. The van der Waals surface area contributed by atoms with Crippen molar-refractivity contribution < 1.29 is 33.4 Å². The molecule has 5 aromatic rings. The van der Waals surface area contributed by atoms with Crippen LogP contribution in [0.1, 0.15) is 104 Å². The zero-order chi connectivity index (χ0) is 52.4. The smallest absolute Gasteiger partial charge is 0.273 e. The number of primary amides is 2. The Labute approximate surface area is 428 Å². The van der Waals surface area contributed by atoms with E-state index in [2.05, 4.69) is 67.1 Å². The van der Waals surface area contributed by atoms with E-state index in [9.17, 15) is 24.0 Å². The van der Waals surface area contributed by atoms with E-state index < -0.39 is 11.8 Å². The van der Waals surface area contributed by atoms with Crippen LogP contribution < -0.4 is 43.0 Å². The van der Waals surface area contributed by atoms with Gasteiger partial charge >= 0.3 is 0 Å². The Morgan fingerprint density at radius 3 is 1.43 bits per heavy atom. The maximum absolute atomic E-state index is 13.0. The second kappa shape index (κ2) is 23.8. The number of morpholine rings is 2. The molecular weight excluding hydrogens is 949 g/mol. The van der Waals surface area contributed by atoms with Crippen molar-refractivity contribution in [3.8, 4) is 0 Å². The van der Waals surface area contributed by atoms with Crippen molar-refractivity contribution in [1.29, 1.82) is 0 Å². The van der Waals surface area contributed by atoms with E-state index in [1.54, 1.807) is 58.3 Å². The van der Waals surface area contributed by atoms with Crippen molar-refractivity contribution in [2.45, 2.75) is 64.0 Å². The molecule has 0 radical (unpaired) electrons. The first kappa shape index (κ1) is 52.4. The molecule has 74 heavy (non-hydrogen) atoms. The quantitative estimate of drug-likeness (QED) is 0.105. The zero-order valence-electron chi connectivity index (χ0n) is 42.0. The summed E-state index contributed by atoms with van der Waals surface area (Å²) < 4.78 is 10.6. The molecule has 4 aliphatic rings. The molecule has 2 atom stereocenters. The molecule has 6 heterocycles. The van der Waals surface area contributed by atoms with E-state index in [-0.39, 0.29) is 58.2 Å². The molecule has 2 aromatic heterocycles. The number of carbonyl (C=O) groups excluding carboxylic acids is 5. The highest BCUT2D eigenvalue weighted by molar-refractivity contribution is 5.98. The lowest BCUT2D eigenvalue weighted by Gasteiger charge is -2.33. The molecule has 0 unspecified atom stereocenters. The SMILES string of the molecule is CC(C)(C)c1ccc(C(=O)N[C@@H]2CCCN(c3nnc(C(N)=O)c(Nc4ccc(C(=O)N5CCOCC5)cc4)n3)C2)cc1.NC(=O)c1nnc(N2CCC[C@@H](N)C2)nc1Nc1ccc(C(=O)N2CCOCC2)cc1. The number of hydrogen-bond donors (Lipinski definition) is 6. The van der Waals surface area contributed by atoms with E-state index >= 15 is 0 Å². The normalized spacial score (nSPS) is 18.1. The van der Waals surface area contributed by atoms with Gasteiger partial charge in [-0.3, -0.25) is 24.0 Å². The van der Waals surface area contributed by atoms with E-state index in [0.717, 1.165) is 32.2 Å². The molecule has 3 aromatic carbocycles. The summed E-state index contributed by atoms with van der Waals surface area (Å²) in [5, 5.41) is 25.6. The van der Waals surface area contributed by atoms with E-state index in [0.29, 0.717) is 112 Å². The van der Waals surface area contributed by atoms with Gasteiger partial charge in [-0.2, -0.15) is 9.97 Å². The molecule has 0 bridgehead atoms. The van der Waals surface area contributed by atoms with Crippen molar-refractivity contribution in [1.82, 2.24) is 45.5 Å². The first-order valence-corrected chi connectivity index (χ1v) is 24.8. The predicted octanol–water partition coefficient (Wildman–Crippen LogP) is 3.00. The monoisotopic (exact) mass is 1010 g/mol. The minimum atomic E-state index is -0.769. The lowest BCUT2D eigenvalue weighted by atomic mass is 9.86. The Hall–Kier alpha value is -7.89. The fourth-order valence-corrected chi connectivity index (χ4v) is 8.83. The van der Waals surface area contributed by atoms with Gasteiger partial charge in [0.05, 0.1) is 26.4 Å². The zero-order valence-corrected chi connectivity index (χ0v) is 42.0. The molecule has 390 valence electrons. The summed E-state index contributed by atoms with van der Waals surface area (Å²) in [6.45, 7) is 13.4. The van der Waals surface area contributed by atoms with Crippen LogP contribution in [-0.4, -0.2) is 161 Å². The summed E-state index contributed by atoms with van der Waals surface area (Å²) in [6.07, 6.45) is 3.51. The average Bonchev–Trinajstić information content (AvgIpc) is 3.41. The fraction of sp³-hybridized carbons (Fsp3) is 0.431. The largest absolute Gasteiger partial charge is 0.378 e. The Morgan fingerprint density at radius 2 is 1.00 bits per heavy atom. The van der Waals surface area contributed by atoms with Crippen LogP contribution in [0.5, 0.6) is 0 Å². The third-order valence-corrected chi connectivity index (χ3v) is 13.0. The number of nitrogens with one attached hydrogen (secondary N) is 3. The van der Waals surface area contributed by atoms with E-state index in [1.807, 2.05) is 34.1 Å². The number of nitrogens with two attached hydrogens (primary N) is 3. The highest BCUT2D eigenvalue weighted by atomic mass is 16.5. The van der Waals surface area contributed by atoms with Gasteiger partial charge in [-0.05, 0) is 97.3 Å². The van der Waals surface area contributed by atoms with Crippen molar-refractivity contribution in [2.75, 3.05) is 99.2 Å². The minimum Gasteiger partial charge on any atom is -0.378 e. The molecule has 23 heteroatoms. The number of ether oxygens (including phenoxy) is 2. The van der Waals surface area contributed by atoms with Gasteiger partial charge in [0, 0.05) is 92.5 Å². The van der Waals surface area contributed by atoms with Gasteiger partial charge in [0.2, 0.25) is 11.9 Å². The van der Waals surface area contributed by atoms with Crippen LogP contribution in [0.25, 0.3) is 0 Å². The van der Waals surface area contributed by atoms with Crippen molar-refractivity contribution in [2.24, 2.45) is 17.2 Å². The minimum absolute atomic E-state index is 0.0101. The number of amides is 5. The fourth-order valence-electron chi connectivity index (χ4n) is 8.83. The number of aromatic nitrogens is 6. The number of benzene rings is 3. The molecule has 5 amide bonds. The Bertz CT molecular complexity index is 2780. The third kappa shape index (κ3) is 13.4. The predicted molar refractivity (Wildman–Crippen MR) is 277 cm³/mol. The van der Waals surface area contributed by atoms with Crippen molar-refractivity contribution in [3.05, 3.63) is 106 Å². The summed E-state index contributed by atoms with van der Waals surface area (Å²) in [5.41, 5.74) is 21.1. The molecule has 0 spiro atoms. The second-order valence-electron chi connectivity index (χ2n) is 19.5. The summed E-state index contributed by atoms with van der Waals surface area (Å²) >= 11 is 0. The van der Waals surface area contributed by atoms with Gasteiger partial charge in [0.25, 0.3) is 29.5 Å². The molecule has 4 fully saturated rings. The van der Waals surface area contributed by atoms with Gasteiger partial charge in [0.1, 0.15) is 0 Å². The molecule has 4 aliphatic heterocycles. The standard InChI is InChI=1S/C31H38N8O4.C20H26N8O3/c1-31(2,3)22-10-6-20(7-11-22)28(41)34-24-5-4-14-39(19-24)30-35-27(25(26(32)40)36-37-30)33-23-12-8-21(9-13-23)29(42)38-15-17-43-18-16-38;21-14-2-1-7-28(12-14)20-24-18(16(17(22)29)25-26-20)23-15-5-3-13(4-6-15)19(30)27-8-10-31-11-9-27/h6-13,24H,4-5,14-19H2,1-3H3,(H2,32,40)(H,34,41)(H,33,35,37);3-6,14H,1-2,7-12,21H2,(H2,22,29)(H,23,24,26)/t24-;14-/m11/s1. The molecular formula is C51H64N16O7. The maximum Gasteiger partial charge on any atom is 0.273 e. The van der Waals surface area contributed by atoms with Crippen LogP contribution in [0, 0.1) is 0 Å². The van der Waals surface area contributed by atoms with Crippen LogP contribution in [0.4, 0.5) is 34.9 Å². The summed E-state index contributed by atoms with van der Waals surface area (Å²) in [4.78, 5) is 78.8. The molecule has 9 rings (SSSR count). The molecule has 23 nitrogen and oxygen atoms in total. The number of hydrogen-bond acceptors (Lipinski definition) is 18. The van der Waals surface area contributed by atoms with Gasteiger partial charge < -0.3 is 62.2 Å². The highest BCUT2D eigenvalue weighted by Crippen LogP contribution is 2.26. The van der Waals surface area contributed by atoms with Crippen LogP contribution in [0.3, 0.4) is 0 Å². The summed E-state index contributed by atoms with van der Waals surface area (Å²) in [5.74, 6) is -0.653. The van der Waals surface area contributed by atoms with Crippen LogP contribution in [0.2, 0.25) is 0 Å². The van der Waals surface area contributed by atoms with E-state index in [1.165, 1.54) is 5.56 Å². The molecule has 0 saturated carbocycles. The van der Waals surface area contributed by atoms with Crippen LogP contribution in [0.15, 0.2) is 72.8 Å². The van der Waals surface area contributed by atoms with Crippen LogP contribution >= 0.6 is 0 Å². The molecule has 4 saturated heterocycles. The highest BCUT2D eigenvalue weighted by Gasteiger charge is 2.28. The van der Waals surface area contributed by atoms with Gasteiger partial charge in [-0.15, -0.1) is 20.4 Å². The summed E-state index contributed by atoms with van der Waals surface area (Å²) in [6, 6.07) is 21.5. The number of anilines is 6. The maximum atomic E-state index is 13.0. The number of nitrogens with zero attached hydrogens (tertiary/aromatic N) is 10. The number of rotatable bonds is 12.